The lowest BCUT2D eigenvalue weighted by atomic mass is 10.0. The number of allylic oxidation sites excluding steroid dienone is 4. The van der Waals surface area contributed by atoms with Gasteiger partial charge < -0.3 is 10.3 Å². The van der Waals surface area contributed by atoms with Crippen LogP contribution in [0.4, 0.5) is 5.82 Å². The molecule has 0 radical (unpaired) electrons. The van der Waals surface area contributed by atoms with Crippen LogP contribution in [0.1, 0.15) is 25.6 Å². The first-order valence-electron chi connectivity index (χ1n) is 8.91. The second-order valence-electron chi connectivity index (χ2n) is 6.66. The van der Waals surface area contributed by atoms with Crippen LogP contribution in [-0.2, 0) is 6.54 Å². The van der Waals surface area contributed by atoms with Gasteiger partial charge in [0.2, 0.25) is 0 Å². The molecule has 1 aliphatic rings. The zero-order valence-electron chi connectivity index (χ0n) is 15.2. The van der Waals surface area contributed by atoms with Crippen molar-refractivity contribution in [1.82, 2.24) is 29.1 Å². The number of imidazole rings is 1. The fourth-order valence-corrected chi connectivity index (χ4v) is 4.29. The number of hydrogen-bond acceptors (Lipinski definition) is 7. The number of thiophene rings is 1. The summed E-state index contributed by atoms with van der Waals surface area (Å²) in [6, 6.07) is 1.87. The molecule has 4 aromatic heterocycles. The normalized spacial score (nSPS) is 14.5. The summed E-state index contributed by atoms with van der Waals surface area (Å²) >= 11 is 1.42. The minimum Gasteiger partial charge on any atom is -0.382 e. The van der Waals surface area contributed by atoms with E-state index in [4.69, 9.17) is 10.7 Å². The van der Waals surface area contributed by atoms with Crippen molar-refractivity contribution >= 4 is 44.2 Å². The lowest BCUT2D eigenvalue weighted by molar-refractivity contribution is 0.722. The van der Waals surface area contributed by atoms with Gasteiger partial charge in [-0.25, -0.2) is 19.9 Å². The first-order chi connectivity index (χ1) is 13.6. The number of anilines is 1. The fourth-order valence-electron chi connectivity index (χ4n) is 3.53. The molecule has 2 N–H and O–H groups in total. The van der Waals surface area contributed by atoms with Crippen LogP contribution in [0.15, 0.2) is 46.6 Å². The van der Waals surface area contributed by atoms with Crippen LogP contribution in [-0.4, -0.2) is 29.1 Å². The Morgan fingerprint density at radius 3 is 2.93 bits per heavy atom. The molecule has 1 aliphatic carbocycles. The summed E-state index contributed by atoms with van der Waals surface area (Å²) in [7, 11) is 0. The Morgan fingerprint density at radius 2 is 2.07 bits per heavy atom. The van der Waals surface area contributed by atoms with E-state index < -0.39 is 0 Å². The summed E-state index contributed by atoms with van der Waals surface area (Å²) in [4.78, 5) is 30.7. The summed E-state index contributed by atoms with van der Waals surface area (Å²) in [5.41, 5.74) is 9.69. The van der Waals surface area contributed by atoms with Gasteiger partial charge in [-0.05, 0) is 36.8 Å². The van der Waals surface area contributed by atoms with E-state index in [-0.39, 0.29) is 5.56 Å². The van der Waals surface area contributed by atoms with Crippen LogP contribution < -0.4 is 11.3 Å². The van der Waals surface area contributed by atoms with Crippen molar-refractivity contribution < 1.29 is 0 Å². The number of hydrogen-bond donors (Lipinski definition) is 1. The highest BCUT2D eigenvalue weighted by Crippen LogP contribution is 2.25. The number of rotatable bonds is 3. The number of fused-ring (bicyclic) bond motifs is 2. The lowest BCUT2D eigenvalue weighted by Crippen LogP contribution is -2.26. The minimum absolute atomic E-state index is 0.0468. The van der Waals surface area contributed by atoms with Crippen LogP contribution in [0.3, 0.4) is 0 Å². The number of nitrogen functional groups attached to an aromatic ring is 1. The summed E-state index contributed by atoms with van der Waals surface area (Å²) < 4.78 is 4.22. The molecule has 0 bridgehead atoms. The highest BCUT2D eigenvalue weighted by Gasteiger charge is 2.19. The van der Waals surface area contributed by atoms with E-state index in [1.54, 1.807) is 10.9 Å². The monoisotopic (exact) mass is 391 g/mol. The minimum atomic E-state index is -0.0468. The molecule has 0 atom stereocenters. The quantitative estimate of drug-likeness (QED) is 0.576. The molecule has 0 unspecified atom stereocenters. The van der Waals surface area contributed by atoms with Crippen LogP contribution in [0.2, 0.25) is 0 Å². The largest absolute Gasteiger partial charge is 0.382 e. The molecule has 9 heteroatoms. The van der Waals surface area contributed by atoms with Gasteiger partial charge in [-0.15, -0.1) is 11.3 Å². The molecule has 140 valence electrons. The third kappa shape index (κ3) is 2.55. The maximum Gasteiger partial charge on any atom is 0.276 e. The standard InChI is InChI=1S/C19H17N7OS/c1-11-4-2-3-5-13(11)26-14(24-12-6-7-28-16(12)19(26)27)8-25-10-23-15-17(20)21-9-22-18(15)25/h4-7,9-10H,2-3,8H2,1H3,(H2,20,21,22). The molecule has 0 fully saturated rings. The van der Waals surface area contributed by atoms with E-state index in [1.165, 1.54) is 17.7 Å². The predicted octanol–water partition coefficient (Wildman–Crippen LogP) is 2.81. The van der Waals surface area contributed by atoms with Crippen molar-refractivity contribution in [2.75, 3.05) is 5.73 Å². The van der Waals surface area contributed by atoms with E-state index in [0.29, 0.717) is 39.6 Å². The van der Waals surface area contributed by atoms with E-state index in [0.717, 1.165) is 24.1 Å². The van der Waals surface area contributed by atoms with Gasteiger partial charge in [-0.2, -0.15) is 0 Å². The van der Waals surface area contributed by atoms with Gasteiger partial charge in [-0.3, -0.25) is 9.36 Å². The predicted molar refractivity (Wildman–Crippen MR) is 110 cm³/mol. The van der Waals surface area contributed by atoms with Gasteiger partial charge >= 0.3 is 0 Å². The van der Waals surface area contributed by atoms with Gasteiger partial charge in [0.15, 0.2) is 11.5 Å². The van der Waals surface area contributed by atoms with Gasteiger partial charge in [0.05, 0.1) is 18.4 Å². The first-order valence-corrected chi connectivity index (χ1v) is 9.79. The van der Waals surface area contributed by atoms with E-state index in [1.807, 2.05) is 22.9 Å². The smallest absolute Gasteiger partial charge is 0.276 e. The zero-order valence-corrected chi connectivity index (χ0v) is 16.0. The van der Waals surface area contributed by atoms with Gasteiger partial charge in [0, 0.05) is 5.70 Å². The van der Waals surface area contributed by atoms with Crippen molar-refractivity contribution in [2.24, 2.45) is 0 Å². The van der Waals surface area contributed by atoms with Crippen molar-refractivity contribution in [3.63, 3.8) is 0 Å². The molecular formula is C19H17N7OS. The Balaban J connectivity index is 1.73. The third-order valence-electron chi connectivity index (χ3n) is 4.89. The zero-order chi connectivity index (χ0) is 19.3. The molecule has 4 aromatic rings. The molecule has 0 aromatic carbocycles. The Bertz CT molecular complexity index is 1340. The maximum absolute atomic E-state index is 13.3. The van der Waals surface area contributed by atoms with Crippen molar-refractivity contribution in [3.8, 4) is 0 Å². The van der Waals surface area contributed by atoms with Crippen molar-refractivity contribution in [1.29, 1.82) is 0 Å². The average Bonchev–Trinajstić information content (AvgIpc) is 3.32. The Hall–Kier alpha value is -3.33. The lowest BCUT2D eigenvalue weighted by Gasteiger charge is -2.19. The van der Waals surface area contributed by atoms with Crippen molar-refractivity contribution in [2.45, 2.75) is 26.3 Å². The van der Waals surface area contributed by atoms with Crippen LogP contribution in [0, 0.1) is 0 Å². The molecule has 0 saturated heterocycles. The second kappa shape index (κ2) is 6.38. The second-order valence-corrected chi connectivity index (χ2v) is 7.58. The SMILES string of the molecule is CC1=CCCC=C1n1c(Cn2cnc3c(N)ncnc32)nc2ccsc2c1=O. The molecule has 5 rings (SSSR count). The van der Waals surface area contributed by atoms with Gasteiger partial charge in [-0.1, -0.05) is 12.2 Å². The highest BCUT2D eigenvalue weighted by atomic mass is 32.1. The number of aromatic nitrogens is 6. The molecular weight excluding hydrogens is 374 g/mol. The third-order valence-corrected chi connectivity index (χ3v) is 5.78. The van der Waals surface area contributed by atoms with Crippen LogP contribution >= 0.6 is 11.3 Å². The Kier molecular flexibility index (Phi) is 3.83. The van der Waals surface area contributed by atoms with E-state index in [9.17, 15) is 4.79 Å². The Morgan fingerprint density at radius 1 is 1.21 bits per heavy atom. The maximum atomic E-state index is 13.3. The summed E-state index contributed by atoms with van der Waals surface area (Å²) in [6.45, 7) is 2.37. The molecule has 0 aliphatic heterocycles. The summed E-state index contributed by atoms with van der Waals surface area (Å²) in [6.07, 6.45) is 9.21. The molecule has 0 saturated carbocycles. The first kappa shape index (κ1) is 16.8. The number of nitrogens with zero attached hydrogens (tertiary/aromatic N) is 6. The van der Waals surface area contributed by atoms with E-state index >= 15 is 0 Å². The molecule has 28 heavy (non-hydrogen) atoms. The van der Waals surface area contributed by atoms with Crippen LogP contribution in [0.25, 0.3) is 27.1 Å². The Labute approximate surface area is 163 Å². The van der Waals surface area contributed by atoms with Gasteiger partial charge in [0.25, 0.3) is 5.56 Å². The molecule has 8 nitrogen and oxygen atoms in total. The van der Waals surface area contributed by atoms with Gasteiger partial charge in [0.1, 0.15) is 22.4 Å². The van der Waals surface area contributed by atoms with Crippen LogP contribution in [0.5, 0.6) is 0 Å². The number of nitrogens with two attached hydrogens (primary N) is 1. The highest BCUT2D eigenvalue weighted by molar-refractivity contribution is 7.17. The van der Waals surface area contributed by atoms with Crippen molar-refractivity contribution in [3.05, 3.63) is 58.0 Å². The average molecular weight is 391 g/mol. The molecule has 4 heterocycles. The van der Waals surface area contributed by atoms with E-state index in [2.05, 4.69) is 27.1 Å². The fraction of sp³-hybridized carbons (Fsp3) is 0.211. The molecule has 0 amide bonds. The molecule has 0 spiro atoms. The summed E-state index contributed by atoms with van der Waals surface area (Å²) in [5, 5.41) is 1.89. The summed E-state index contributed by atoms with van der Waals surface area (Å²) in [5.74, 6) is 0.962. The topological polar surface area (TPSA) is 105 Å².